The van der Waals surface area contributed by atoms with Crippen LogP contribution in [0.4, 0.5) is 0 Å². The molecular formula is C14H18ClN3. The molecule has 2 rings (SSSR count). The molecule has 2 aromatic rings. The number of benzene rings is 1. The van der Waals surface area contributed by atoms with E-state index in [-0.39, 0.29) is 0 Å². The summed E-state index contributed by atoms with van der Waals surface area (Å²) in [7, 11) is 0. The molecule has 0 unspecified atom stereocenters. The maximum atomic E-state index is 5.87. The fourth-order valence-corrected chi connectivity index (χ4v) is 2.21. The molecule has 0 aliphatic heterocycles. The first kappa shape index (κ1) is 13.1. The SMILES string of the molecule is Cc1cc(CN(CCCl)Cc2ccccc2)[nH]n1. The molecule has 0 radical (unpaired) electrons. The van der Waals surface area contributed by atoms with Crippen molar-refractivity contribution in [2.75, 3.05) is 12.4 Å². The molecule has 96 valence electrons. The van der Waals surface area contributed by atoms with Crippen LogP contribution in [0.1, 0.15) is 17.0 Å². The minimum atomic E-state index is 0.639. The number of rotatable bonds is 6. The van der Waals surface area contributed by atoms with Crippen molar-refractivity contribution in [2.24, 2.45) is 0 Å². The number of halogens is 1. The van der Waals surface area contributed by atoms with E-state index in [1.165, 1.54) is 5.56 Å². The van der Waals surface area contributed by atoms with Crippen molar-refractivity contribution in [1.82, 2.24) is 15.1 Å². The Morgan fingerprint density at radius 2 is 2.00 bits per heavy atom. The monoisotopic (exact) mass is 263 g/mol. The highest BCUT2D eigenvalue weighted by Crippen LogP contribution is 2.09. The summed E-state index contributed by atoms with van der Waals surface area (Å²) in [6, 6.07) is 12.5. The zero-order valence-electron chi connectivity index (χ0n) is 10.6. The molecular weight excluding hydrogens is 246 g/mol. The second-order valence-corrected chi connectivity index (χ2v) is 4.80. The molecule has 0 saturated heterocycles. The fourth-order valence-electron chi connectivity index (χ4n) is 1.97. The molecule has 1 aromatic heterocycles. The summed E-state index contributed by atoms with van der Waals surface area (Å²) >= 11 is 5.87. The number of aromatic amines is 1. The maximum absolute atomic E-state index is 5.87. The van der Waals surface area contributed by atoms with Gasteiger partial charge in [-0.15, -0.1) is 11.6 Å². The third-order valence-electron chi connectivity index (χ3n) is 2.80. The second kappa shape index (κ2) is 6.57. The van der Waals surface area contributed by atoms with Crippen molar-refractivity contribution in [3.05, 3.63) is 53.3 Å². The standard InChI is InChI=1S/C14H18ClN3/c1-12-9-14(17-16-12)11-18(8-7-15)10-13-5-3-2-4-6-13/h2-6,9H,7-8,10-11H2,1H3,(H,16,17). The highest BCUT2D eigenvalue weighted by atomic mass is 35.5. The molecule has 0 spiro atoms. The molecule has 0 saturated carbocycles. The van der Waals surface area contributed by atoms with Crippen LogP contribution in [0, 0.1) is 6.92 Å². The van der Waals surface area contributed by atoms with E-state index in [1.54, 1.807) is 0 Å². The predicted octanol–water partition coefficient (Wildman–Crippen LogP) is 2.96. The van der Waals surface area contributed by atoms with Crippen molar-refractivity contribution in [1.29, 1.82) is 0 Å². The topological polar surface area (TPSA) is 31.9 Å². The van der Waals surface area contributed by atoms with Crippen LogP contribution < -0.4 is 0 Å². The van der Waals surface area contributed by atoms with Gasteiger partial charge < -0.3 is 0 Å². The van der Waals surface area contributed by atoms with E-state index in [1.807, 2.05) is 13.0 Å². The maximum Gasteiger partial charge on any atom is 0.0594 e. The molecule has 0 aliphatic carbocycles. The van der Waals surface area contributed by atoms with Crippen molar-refractivity contribution in [3.63, 3.8) is 0 Å². The molecule has 0 atom stereocenters. The van der Waals surface area contributed by atoms with Crippen LogP contribution in [0.2, 0.25) is 0 Å². The van der Waals surface area contributed by atoms with Crippen LogP contribution in [-0.2, 0) is 13.1 Å². The van der Waals surface area contributed by atoms with Crippen molar-refractivity contribution in [2.45, 2.75) is 20.0 Å². The predicted molar refractivity (Wildman–Crippen MR) is 74.6 cm³/mol. The molecule has 0 fully saturated rings. The molecule has 3 nitrogen and oxygen atoms in total. The van der Waals surface area contributed by atoms with Crippen molar-refractivity contribution < 1.29 is 0 Å². The number of aryl methyl sites for hydroxylation is 1. The summed E-state index contributed by atoms with van der Waals surface area (Å²) in [5.74, 6) is 0.639. The van der Waals surface area contributed by atoms with Gasteiger partial charge in [0, 0.05) is 31.2 Å². The van der Waals surface area contributed by atoms with Crippen LogP contribution in [0.3, 0.4) is 0 Å². The lowest BCUT2D eigenvalue weighted by Crippen LogP contribution is -2.25. The molecule has 18 heavy (non-hydrogen) atoms. The lowest BCUT2D eigenvalue weighted by Gasteiger charge is -2.20. The number of hydrogen-bond donors (Lipinski definition) is 1. The van der Waals surface area contributed by atoms with Crippen LogP contribution in [0.5, 0.6) is 0 Å². The number of alkyl halides is 1. The van der Waals surface area contributed by atoms with E-state index in [9.17, 15) is 0 Å². The van der Waals surface area contributed by atoms with Crippen LogP contribution in [0.15, 0.2) is 36.4 Å². The Kier molecular flexibility index (Phi) is 4.79. The number of nitrogens with one attached hydrogen (secondary N) is 1. The second-order valence-electron chi connectivity index (χ2n) is 4.42. The molecule has 1 N–H and O–H groups in total. The molecule has 0 amide bonds. The van der Waals surface area contributed by atoms with Crippen LogP contribution in [0.25, 0.3) is 0 Å². The normalized spacial score (nSPS) is 11.1. The summed E-state index contributed by atoms with van der Waals surface area (Å²) in [6.45, 7) is 4.62. The lowest BCUT2D eigenvalue weighted by molar-refractivity contribution is 0.269. The molecule has 1 aromatic carbocycles. The van der Waals surface area contributed by atoms with Crippen molar-refractivity contribution in [3.8, 4) is 0 Å². The van der Waals surface area contributed by atoms with Crippen LogP contribution in [-0.4, -0.2) is 27.5 Å². The number of nitrogens with zero attached hydrogens (tertiary/aromatic N) is 2. The first-order chi connectivity index (χ1) is 8.78. The molecule has 1 heterocycles. The Hall–Kier alpha value is -1.32. The van der Waals surface area contributed by atoms with E-state index in [0.29, 0.717) is 5.88 Å². The van der Waals surface area contributed by atoms with Gasteiger partial charge >= 0.3 is 0 Å². The highest BCUT2D eigenvalue weighted by molar-refractivity contribution is 6.18. The van der Waals surface area contributed by atoms with Gasteiger partial charge in [0.05, 0.1) is 5.69 Å². The Morgan fingerprint density at radius 3 is 2.61 bits per heavy atom. The molecule has 4 heteroatoms. The smallest absolute Gasteiger partial charge is 0.0594 e. The average Bonchev–Trinajstić information content (AvgIpc) is 2.76. The zero-order valence-corrected chi connectivity index (χ0v) is 11.3. The Labute approximate surface area is 113 Å². The average molecular weight is 264 g/mol. The third-order valence-corrected chi connectivity index (χ3v) is 2.97. The minimum absolute atomic E-state index is 0.639. The van der Waals surface area contributed by atoms with Gasteiger partial charge in [-0.1, -0.05) is 30.3 Å². The Morgan fingerprint density at radius 1 is 1.22 bits per heavy atom. The zero-order chi connectivity index (χ0) is 12.8. The van der Waals surface area contributed by atoms with E-state index in [4.69, 9.17) is 11.6 Å². The summed E-state index contributed by atoms with van der Waals surface area (Å²) < 4.78 is 0. The lowest BCUT2D eigenvalue weighted by atomic mass is 10.2. The van der Waals surface area contributed by atoms with E-state index in [2.05, 4.69) is 45.4 Å². The fraction of sp³-hybridized carbons (Fsp3) is 0.357. The Bertz CT molecular complexity index is 467. The van der Waals surface area contributed by atoms with Gasteiger partial charge in [-0.25, -0.2) is 0 Å². The first-order valence-electron chi connectivity index (χ1n) is 6.11. The van der Waals surface area contributed by atoms with E-state index < -0.39 is 0 Å². The summed E-state index contributed by atoms with van der Waals surface area (Å²) in [6.07, 6.45) is 0. The van der Waals surface area contributed by atoms with Gasteiger partial charge in [0.25, 0.3) is 0 Å². The highest BCUT2D eigenvalue weighted by Gasteiger charge is 2.08. The van der Waals surface area contributed by atoms with Gasteiger partial charge in [0.15, 0.2) is 0 Å². The summed E-state index contributed by atoms with van der Waals surface area (Å²) in [5, 5.41) is 7.20. The Balaban J connectivity index is 1.99. The van der Waals surface area contributed by atoms with E-state index >= 15 is 0 Å². The summed E-state index contributed by atoms with van der Waals surface area (Å²) in [5.41, 5.74) is 3.46. The van der Waals surface area contributed by atoms with E-state index in [0.717, 1.165) is 31.0 Å². The first-order valence-corrected chi connectivity index (χ1v) is 6.64. The quantitative estimate of drug-likeness (QED) is 0.813. The molecule has 0 bridgehead atoms. The number of aromatic nitrogens is 2. The van der Waals surface area contributed by atoms with Crippen LogP contribution >= 0.6 is 11.6 Å². The van der Waals surface area contributed by atoms with Gasteiger partial charge in [0.1, 0.15) is 0 Å². The number of H-pyrrole nitrogens is 1. The summed E-state index contributed by atoms with van der Waals surface area (Å²) in [4.78, 5) is 2.31. The van der Waals surface area contributed by atoms with Gasteiger partial charge in [-0.3, -0.25) is 10.00 Å². The largest absolute Gasteiger partial charge is 0.292 e. The third kappa shape index (κ3) is 3.86. The van der Waals surface area contributed by atoms with Gasteiger partial charge in [-0.2, -0.15) is 5.10 Å². The van der Waals surface area contributed by atoms with Gasteiger partial charge in [-0.05, 0) is 18.6 Å². The minimum Gasteiger partial charge on any atom is -0.292 e. The molecule has 0 aliphatic rings. The van der Waals surface area contributed by atoms with Gasteiger partial charge in [0.2, 0.25) is 0 Å². The number of hydrogen-bond acceptors (Lipinski definition) is 2. The van der Waals surface area contributed by atoms with Crippen molar-refractivity contribution >= 4 is 11.6 Å².